The molecule has 0 amide bonds. The van der Waals surface area contributed by atoms with Gasteiger partial charge in [0.05, 0.1) is 0 Å². The topological polar surface area (TPSA) is 31.9 Å². The second kappa shape index (κ2) is 7.26. The molecule has 3 aromatic rings. The number of benzene rings is 1. The first-order chi connectivity index (χ1) is 12.7. The first kappa shape index (κ1) is 16.7. The van der Waals surface area contributed by atoms with E-state index in [0.29, 0.717) is 13.0 Å². The molecule has 4 rings (SSSR count). The molecule has 0 saturated carbocycles. The van der Waals surface area contributed by atoms with Crippen LogP contribution in [0.4, 0.5) is 4.39 Å². The number of fused-ring (bicyclic) bond motifs is 1. The maximum absolute atomic E-state index is 14.0. The van der Waals surface area contributed by atoms with Crippen LogP contribution in [0.15, 0.2) is 72.6 Å². The molecule has 0 bridgehead atoms. The van der Waals surface area contributed by atoms with E-state index in [0.717, 1.165) is 23.2 Å². The number of nitrogens with one attached hydrogen (secondary N) is 1. The highest BCUT2D eigenvalue weighted by atomic mass is 19.1. The third kappa shape index (κ3) is 3.46. The van der Waals surface area contributed by atoms with Gasteiger partial charge in [0.25, 0.3) is 0 Å². The monoisotopic (exact) mass is 347 g/mol. The number of aromatic nitrogens is 2. The number of allylic oxidation sites excluding steroid dienone is 3. The van der Waals surface area contributed by atoms with Crippen molar-refractivity contribution < 1.29 is 4.39 Å². The Hall–Kier alpha value is -2.72. The number of pyridine rings is 1. The van der Waals surface area contributed by atoms with Gasteiger partial charge >= 0.3 is 0 Å². The van der Waals surface area contributed by atoms with Crippen LogP contribution in [-0.4, -0.2) is 34.6 Å². The van der Waals surface area contributed by atoms with E-state index in [1.54, 1.807) is 0 Å². The maximum atomic E-state index is 14.0. The van der Waals surface area contributed by atoms with E-state index in [1.165, 1.54) is 16.7 Å². The van der Waals surface area contributed by atoms with Gasteiger partial charge < -0.3 is 4.98 Å². The molecule has 1 N–H and O–H groups in total. The molecular formula is C22H22FN3. The first-order valence-corrected chi connectivity index (χ1v) is 8.90. The van der Waals surface area contributed by atoms with Gasteiger partial charge in [-0.15, -0.1) is 0 Å². The maximum Gasteiger partial charge on any atom is 0.137 e. The van der Waals surface area contributed by atoms with Gasteiger partial charge in [0.15, 0.2) is 0 Å². The zero-order valence-electron chi connectivity index (χ0n) is 14.8. The predicted octanol–water partition coefficient (Wildman–Crippen LogP) is 4.89. The molecule has 0 fully saturated rings. The Bertz CT molecular complexity index is 970. The summed E-state index contributed by atoms with van der Waals surface area (Å²) in [6, 6.07) is 12.6. The summed E-state index contributed by atoms with van der Waals surface area (Å²) in [7, 11) is 2.04. The summed E-state index contributed by atoms with van der Waals surface area (Å²) in [5.74, 6) is 0. The van der Waals surface area contributed by atoms with E-state index in [2.05, 4.69) is 45.2 Å². The van der Waals surface area contributed by atoms with Crippen LogP contribution in [0.2, 0.25) is 0 Å². The summed E-state index contributed by atoms with van der Waals surface area (Å²) in [5.41, 5.74) is 5.31. The lowest BCUT2D eigenvalue weighted by Crippen LogP contribution is -2.24. The summed E-state index contributed by atoms with van der Waals surface area (Å²) < 4.78 is 14.0. The molecule has 0 aliphatic heterocycles. The van der Waals surface area contributed by atoms with Crippen LogP contribution >= 0.6 is 0 Å². The predicted molar refractivity (Wildman–Crippen MR) is 105 cm³/mol. The Morgan fingerprint density at radius 3 is 3.04 bits per heavy atom. The molecule has 2 aromatic heterocycles. The molecule has 4 heteroatoms. The average Bonchev–Trinajstić information content (AvgIpc) is 3.12. The standard InChI is InChI=1S/C22H22FN3/c1-26(15-18-6-2-3-8-21(18)23)14-16-5-4-7-17(13-16)19-9-11-24-22-20(19)10-12-25-22/h2-7,9-13,21H,8,14-15H2,1H3,(H,24,25). The van der Waals surface area contributed by atoms with Gasteiger partial charge in [-0.3, -0.25) is 4.90 Å². The molecule has 0 radical (unpaired) electrons. The van der Waals surface area contributed by atoms with Crippen LogP contribution in [0.5, 0.6) is 0 Å². The fourth-order valence-electron chi connectivity index (χ4n) is 3.53. The van der Waals surface area contributed by atoms with Gasteiger partial charge in [0.2, 0.25) is 0 Å². The lowest BCUT2D eigenvalue weighted by atomic mass is 10.0. The lowest BCUT2D eigenvalue weighted by Gasteiger charge is -2.22. The average molecular weight is 347 g/mol. The van der Waals surface area contributed by atoms with E-state index < -0.39 is 6.17 Å². The third-order valence-electron chi connectivity index (χ3n) is 4.79. The van der Waals surface area contributed by atoms with E-state index in [9.17, 15) is 4.39 Å². The Kier molecular flexibility index (Phi) is 4.67. The van der Waals surface area contributed by atoms with E-state index >= 15 is 0 Å². The molecule has 1 aliphatic carbocycles. The largest absolute Gasteiger partial charge is 0.346 e. The number of hydrogen-bond acceptors (Lipinski definition) is 2. The van der Waals surface area contributed by atoms with E-state index in [-0.39, 0.29) is 0 Å². The van der Waals surface area contributed by atoms with Crippen LogP contribution in [0.1, 0.15) is 12.0 Å². The van der Waals surface area contributed by atoms with Crippen LogP contribution < -0.4 is 0 Å². The van der Waals surface area contributed by atoms with Crippen molar-refractivity contribution in [3.8, 4) is 11.1 Å². The zero-order chi connectivity index (χ0) is 17.9. The Morgan fingerprint density at radius 1 is 1.23 bits per heavy atom. The highest BCUT2D eigenvalue weighted by molar-refractivity contribution is 5.92. The van der Waals surface area contributed by atoms with Crippen LogP contribution in [0.3, 0.4) is 0 Å². The quantitative estimate of drug-likeness (QED) is 0.713. The van der Waals surface area contributed by atoms with Gasteiger partial charge in [0.1, 0.15) is 11.8 Å². The van der Waals surface area contributed by atoms with E-state index in [1.807, 2.05) is 43.7 Å². The van der Waals surface area contributed by atoms with Crippen molar-refractivity contribution in [2.45, 2.75) is 19.1 Å². The second-order valence-electron chi connectivity index (χ2n) is 6.84. The van der Waals surface area contributed by atoms with Gasteiger partial charge in [-0.25, -0.2) is 9.37 Å². The second-order valence-corrected chi connectivity index (χ2v) is 6.84. The minimum atomic E-state index is -0.854. The van der Waals surface area contributed by atoms with Gasteiger partial charge in [0, 0.05) is 37.3 Å². The summed E-state index contributed by atoms with van der Waals surface area (Å²) in [6.07, 6.45) is 9.12. The normalized spacial score (nSPS) is 17.0. The molecule has 0 spiro atoms. The van der Waals surface area contributed by atoms with Crippen molar-refractivity contribution in [2.75, 3.05) is 13.6 Å². The number of rotatable bonds is 5. The minimum absolute atomic E-state index is 0.490. The van der Waals surface area contributed by atoms with Crippen molar-refractivity contribution >= 4 is 11.0 Å². The molecule has 1 unspecified atom stereocenters. The minimum Gasteiger partial charge on any atom is -0.346 e. The van der Waals surface area contributed by atoms with Crippen molar-refractivity contribution in [2.24, 2.45) is 0 Å². The summed E-state index contributed by atoms with van der Waals surface area (Å²) in [5, 5.41) is 1.12. The zero-order valence-corrected chi connectivity index (χ0v) is 14.8. The number of likely N-dealkylation sites (N-methyl/N-ethyl adjacent to an activating group) is 1. The number of aromatic amines is 1. The van der Waals surface area contributed by atoms with Gasteiger partial charge in [-0.2, -0.15) is 0 Å². The molecule has 1 aromatic carbocycles. The fourth-order valence-corrected chi connectivity index (χ4v) is 3.53. The van der Waals surface area contributed by atoms with Crippen molar-refractivity contribution in [1.82, 2.24) is 14.9 Å². The third-order valence-corrected chi connectivity index (χ3v) is 4.79. The number of halogens is 1. The molecule has 2 heterocycles. The Labute approximate surface area is 152 Å². The highest BCUT2D eigenvalue weighted by Gasteiger charge is 2.15. The smallest absolute Gasteiger partial charge is 0.137 e. The van der Waals surface area contributed by atoms with Crippen LogP contribution in [0.25, 0.3) is 22.2 Å². The summed E-state index contributed by atoms with van der Waals surface area (Å²) in [4.78, 5) is 9.68. The number of hydrogen-bond donors (Lipinski definition) is 1. The lowest BCUT2D eigenvalue weighted by molar-refractivity contribution is 0.308. The number of H-pyrrole nitrogens is 1. The summed E-state index contributed by atoms with van der Waals surface area (Å²) in [6.45, 7) is 1.43. The van der Waals surface area contributed by atoms with Crippen LogP contribution in [-0.2, 0) is 6.54 Å². The molecular weight excluding hydrogens is 325 g/mol. The first-order valence-electron chi connectivity index (χ1n) is 8.90. The Balaban J connectivity index is 1.54. The van der Waals surface area contributed by atoms with Crippen molar-refractivity contribution in [3.63, 3.8) is 0 Å². The van der Waals surface area contributed by atoms with Crippen molar-refractivity contribution in [3.05, 3.63) is 78.2 Å². The molecule has 1 atom stereocenters. The number of nitrogens with zero attached hydrogens (tertiary/aromatic N) is 2. The summed E-state index contributed by atoms with van der Waals surface area (Å²) >= 11 is 0. The molecule has 132 valence electrons. The van der Waals surface area contributed by atoms with Crippen LogP contribution in [0, 0.1) is 0 Å². The molecule has 1 aliphatic rings. The van der Waals surface area contributed by atoms with Gasteiger partial charge in [-0.05, 0) is 47.5 Å². The Morgan fingerprint density at radius 2 is 2.15 bits per heavy atom. The van der Waals surface area contributed by atoms with Gasteiger partial charge in [-0.1, -0.05) is 36.4 Å². The highest BCUT2D eigenvalue weighted by Crippen LogP contribution is 2.28. The number of alkyl halides is 1. The van der Waals surface area contributed by atoms with E-state index in [4.69, 9.17) is 0 Å². The molecule has 3 nitrogen and oxygen atoms in total. The fraction of sp³-hybridized carbons (Fsp3) is 0.227. The molecule has 0 saturated heterocycles. The SMILES string of the molecule is CN(CC1=CC=CCC1F)Cc1cccc(-c2ccnc3[nH]ccc23)c1. The van der Waals surface area contributed by atoms with Crippen molar-refractivity contribution in [1.29, 1.82) is 0 Å². The molecule has 26 heavy (non-hydrogen) atoms.